The number of rotatable bonds is 8. The van der Waals surface area contributed by atoms with E-state index >= 15 is 0 Å². The van der Waals surface area contributed by atoms with Crippen LogP contribution in [-0.2, 0) is 4.79 Å². The second-order valence-electron chi connectivity index (χ2n) is 5.37. The molecule has 20 heavy (non-hydrogen) atoms. The van der Waals surface area contributed by atoms with Crippen LogP contribution in [0, 0.1) is 23.7 Å². The molecule has 3 heteroatoms. The van der Waals surface area contributed by atoms with E-state index in [1.54, 1.807) is 19.1 Å². The first kappa shape index (κ1) is 16.5. The van der Waals surface area contributed by atoms with Crippen molar-refractivity contribution in [2.24, 2.45) is 11.8 Å². The molecule has 0 radical (unpaired) electrons. The largest absolute Gasteiger partial charge is 0.481 e. The minimum Gasteiger partial charge on any atom is -0.481 e. The summed E-state index contributed by atoms with van der Waals surface area (Å²) < 4.78 is 0. The van der Waals surface area contributed by atoms with E-state index in [2.05, 4.69) is 24.0 Å². The summed E-state index contributed by atoms with van der Waals surface area (Å²) in [7, 11) is 0. The zero-order chi connectivity index (χ0) is 14.8. The molecule has 110 valence electrons. The fraction of sp³-hybridized carbons (Fsp3) is 0.588. The third kappa shape index (κ3) is 8.55. The molecule has 1 unspecified atom stereocenters. The van der Waals surface area contributed by atoms with Gasteiger partial charge in [0.15, 0.2) is 0 Å². The summed E-state index contributed by atoms with van der Waals surface area (Å²) in [4.78, 5) is 10.3. The number of allylic oxidation sites excluding steroid dienone is 3. The number of aliphatic hydroxyl groups excluding tert-OH is 1. The molecule has 0 saturated heterocycles. The number of carboxylic acids is 1. The Balaban J connectivity index is 2.03. The SMILES string of the molecule is CC(O)/C=C/C#CC[C@H]1C[C@H]1C/C=C\CCCC(=O)O. The molecule has 1 rings (SSSR count). The zero-order valence-corrected chi connectivity index (χ0v) is 12.1. The van der Waals surface area contributed by atoms with Gasteiger partial charge in [0, 0.05) is 12.8 Å². The van der Waals surface area contributed by atoms with E-state index in [-0.39, 0.29) is 6.42 Å². The van der Waals surface area contributed by atoms with Crippen molar-refractivity contribution in [3.8, 4) is 11.8 Å². The quantitative estimate of drug-likeness (QED) is 0.407. The maximum atomic E-state index is 10.3. The van der Waals surface area contributed by atoms with Crippen molar-refractivity contribution in [1.82, 2.24) is 0 Å². The molecule has 1 aliphatic carbocycles. The van der Waals surface area contributed by atoms with Gasteiger partial charge >= 0.3 is 5.97 Å². The van der Waals surface area contributed by atoms with Gasteiger partial charge in [-0.05, 0) is 56.6 Å². The third-order valence-corrected chi connectivity index (χ3v) is 3.36. The first-order chi connectivity index (χ1) is 9.59. The molecule has 2 N–H and O–H groups in total. The van der Waals surface area contributed by atoms with E-state index in [0.717, 1.165) is 31.6 Å². The van der Waals surface area contributed by atoms with Gasteiger partial charge in [0.05, 0.1) is 6.10 Å². The van der Waals surface area contributed by atoms with Crippen molar-refractivity contribution in [3.05, 3.63) is 24.3 Å². The normalized spacial score (nSPS) is 22.7. The van der Waals surface area contributed by atoms with Gasteiger partial charge in [-0.25, -0.2) is 0 Å². The van der Waals surface area contributed by atoms with Crippen molar-refractivity contribution in [2.45, 2.75) is 51.6 Å². The van der Waals surface area contributed by atoms with E-state index in [9.17, 15) is 4.79 Å². The summed E-state index contributed by atoms with van der Waals surface area (Å²) in [5, 5.41) is 17.5. The molecular weight excluding hydrogens is 252 g/mol. The Morgan fingerprint density at radius 3 is 2.90 bits per heavy atom. The van der Waals surface area contributed by atoms with Crippen LogP contribution >= 0.6 is 0 Å². The Morgan fingerprint density at radius 1 is 1.40 bits per heavy atom. The molecule has 0 aromatic heterocycles. The summed E-state index contributed by atoms with van der Waals surface area (Å²) in [6.45, 7) is 1.71. The summed E-state index contributed by atoms with van der Waals surface area (Å²) in [6, 6.07) is 0. The van der Waals surface area contributed by atoms with E-state index in [1.165, 1.54) is 6.42 Å². The van der Waals surface area contributed by atoms with Crippen molar-refractivity contribution >= 4 is 5.97 Å². The Morgan fingerprint density at radius 2 is 2.20 bits per heavy atom. The molecule has 0 aromatic carbocycles. The number of hydrogen-bond donors (Lipinski definition) is 2. The molecule has 3 nitrogen and oxygen atoms in total. The number of aliphatic hydroxyl groups is 1. The number of unbranched alkanes of at least 4 members (excludes halogenated alkanes) is 1. The van der Waals surface area contributed by atoms with Gasteiger partial charge in [0.1, 0.15) is 0 Å². The van der Waals surface area contributed by atoms with Crippen LogP contribution in [0.3, 0.4) is 0 Å². The second kappa shape index (κ2) is 9.39. The standard InChI is InChI=1S/C17H24O3/c1-14(18)9-5-4-7-11-16-13-15(16)10-6-2-3-8-12-17(19)20/h2,5-6,9,14-16,18H,3,8,10-13H2,1H3,(H,19,20)/b6-2-,9-5+/t14?,15-,16+/m1/s1. The average Bonchev–Trinajstić information content (AvgIpc) is 3.11. The van der Waals surface area contributed by atoms with E-state index in [1.807, 2.05) is 0 Å². The van der Waals surface area contributed by atoms with Gasteiger partial charge in [-0.3, -0.25) is 4.79 Å². The Labute approximate surface area is 121 Å². The molecule has 0 spiro atoms. The van der Waals surface area contributed by atoms with Gasteiger partial charge in [-0.15, -0.1) is 0 Å². The van der Waals surface area contributed by atoms with Gasteiger partial charge < -0.3 is 10.2 Å². The van der Waals surface area contributed by atoms with E-state index in [0.29, 0.717) is 5.92 Å². The zero-order valence-electron chi connectivity index (χ0n) is 12.1. The fourth-order valence-corrected chi connectivity index (χ4v) is 2.05. The van der Waals surface area contributed by atoms with Gasteiger partial charge in [-0.1, -0.05) is 24.0 Å². The summed E-state index contributed by atoms with van der Waals surface area (Å²) >= 11 is 0. The first-order valence-corrected chi connectivity index (χ1v) is 7.29. The molecule has 0 aliphatic heterocycles. The summed E-state index contributed by atoms with van der Waals surface area (Å²) in [6.07, 6.45) is 12.3. The third-order valence-electron chi connectivity index (χ3n) is 3.36. The van der Waals surface area contributed by atoms with Crippen LogP contribution in [0.15, 0.2) is 24.3 Å². The lowest BCUT2D eigenvalue weighted by atomic mass is 10.1. The maximum absolute atomic E-state index is 10.3. The van der Waals surface area contributed by atoms with Crippen LogP contribution in [0.25, 0.3) is 0 Å². The molecule has 3 atom stereocenters. The number of aliphatic carboxylic acids is 1. The molecule has 1 saturated carbocycles. The number of carbonyl (C=O) groups is 1. The van der Waals surface area contributed by atoms with Crippen molar-refractivity contribution in [3.63, 3.8) is 0 Å². The minimum absolute atomic E-state index is 0.256. The second-order valence-corrected chi connectivity index (χ2v) is 5.37. The highest BCUT2D eigenvalue weighted by Gasteiger charge is 2.34. The maximum Gasteiger partial charge on any atom is 0.303 e. The highest BCUT2D eigenvalue weighted by Crippen LogP contribution is 2.43. The molecule has 0 amide bonds. The Kier molecular flexibility index (Phi) is 7.75. The van der Waals surface area contributed by atoms with Crippen LogP contribution in [-0.4, -0.2) is 22.3 Å². The predicted molar refractivity (Wildman–Crippen MR) is 80.1 cm³/mol. The van der Waals surface area contributed by atoms with Gasteiger partial charge in [-0.2, -0.15) is 0 Å². The topological polar surface area (TPSA) is 57.5 Å². The molecule has 1 fully saturated rings. The first-order valence-electron chi connectivity index (χ1n) is 7.29. The molecule has 0 bridgehead atoms. The molecular formula is C17H24O3. The van der Waals surface area contributed by atoms with Crippen LogP contribution < -0.4 is 0 Å². The van der Waals surface area contributed by atoms with Crippen molar-refractivity contribution in [1.29, 1.82) is 0 Å². The lowest BCUT2D eigenvalue weighted by Crippen LogP contribution is -1.92. The van der Waals surface area contributed by atoms with Gasteiger partial charge in [0.2, 0.25) is 0 Å². The van der Waals surface area contributed by atoms with E-state index < -0.39 is 12.1 Å². The van der Waals surface area contributed by atoms with Crippen LogP contribution in [0.5, 0.6) is 0 Å². The fourth-order valence-electron chi connectivity index (χ4n) is 2.05. The van der Waals surface area contributed by atoms with Crippen molar-refractivity contribution < 1.29 is 15.0 Å². The van der Waals surface area contributed by atoms with Crippen LogP contribution in [0.4, 0.5) is 0 Å². The Bertz CT molecular complexity index is 410. The minimum atomic E-state index is -0.719. The smallest absolute Gasteiger partial charge is 0.303 e. The van der Waals surface area contributed by atoms with Gasteiger partial charge in [0.25, 0.3) is 0 Å². The number of carboxylic acid groups (broad SMARTS) is 1. The lowest BCUT2D eigenvalue weighted by Gasteiger charge is -1.92. The van der Waals surface area contributed by atoms with E-state index in [4.69, 9.17) is 10.2 Å². The molecule has 0 aromatic rings. The summed E-state index contributed by atoms with van der Waals surface area (Å²) in [5.41, 5.74) is 0. The van der Waals surface area contributed by atoms with Crippen LogP contribution in [0.2, 0.25) is 0 Å². The highest BCUT2D eigenvalue weighted by atomic mass is 16.4. The molecule has 1 aliphatic rings. The monoisotopic (exact) mass is 276 g/mol. The number of hydrogen-bond acceptors (Lipinski definition) is 2. The average molecular weight is 276 g/mol. The Hall–Kier alpha value is -1.53. The highest BCUT2D eigenvalue weighted by molar-refractivity contribution is 5.66. The van der Waals surface area contributed by atoms with Crippen LogP contribution in [0.1, 0.15) is 45.4 Å². The lowest BCUT2D eigenvalue weighted by molar-refractivity contribution is -0.137. The molecule has 0 heterocycles. The summed E-state index contributed by atoms with van der Waals surface area (Å²) in [5.74, 6) is 6.80. The predicted octanol–water partition coefficient (Wildman–Crippen LogP) is 3.15. The van der Waals surface area contributed by atoms with Crippen molar-refractivity contribution in [2.75, 3.05) is 0 Å².